The molecule has 0 spiro atoms. The van der Waals surface area contributed by atoms with Crippen molar-refractivity contribution in [3.63, 3.8) is 0 Å². The molecule has 0 aliphatic heterocycles. The molecule has 0 unspecified atom stereocenters. The lowest BCUT2D eigenvalue weighted by molar-refractivity contribution is 0.102. The van der Waals surface area contributed by atoms with Crippen molar-refractivity contribution in [2.24, 2.45) is 0 Å². The molecule has 3 aromatic rings. The smallest absolute Gasteiger partial charge is 0.262 e. The van der Waals surface area contributed by atoms with E-state index in [9.17, 15) is 26.4 Å². The van der Waals surface area contributed by atoms with Crippen LogP contribution in [0.2, 0.25) is 0 Å². The molecular weight excluding hydrogens is 421 g/mol. The minimum absolute atomic E-state index is 0.0146. The second-order valence-corrected chi connectivity index (χ2v) is 7.74. The van der Waals surface area contributed by atoms with E-state index in [-0.39, 0.29) is 27.6 Å². The highest BCUT2D eigenvalue weighted by Gasteiger charge is 2.18. The van der Waals surface area contributed by atoms with E-state index in [2.05, 4.69) is 10.0 Å². The molecule has 1 amide bonds. The third-order valence-corrected chi connectivity index (χ3v) is 5.38. The summed E-state index contributed by atoms with van der Waals surface area (Å²) in [7, 11) is -2.77. The lowest BCUT2D eigenvalue weighted by atomic mass is 10.2. The summed E-state index contributed by atoms with van der Waals surface area (Å²) in [4.78, 5) is 12.1. The first-order valence-electron chi connectivity index (χ1n) is 8.42. The van der Waals surface area contributed by atoms with E-state index in [0.29, 0.717) is 6.07 Å². The van der Waals surface area contributed by atoms with E-state index in [1.165, 1.54) is 25.3 Å². The van der Waals surface area contributed by atoms with Crippen LogP contribution in [0.25, 0.3) is 0 Å². The summed E-state index contributed by atoms with van der Waals surface area (Å²) in [5.41, 5.74) is -0.277. The highest BCUT2D eigenvalue weighted by molar-refractivity contribution is 7.92. The van der Waals surface area contributed by atoms with E-state index >= 15 is 0 Å². The summed E-state index contributed by atoms with van der Waals surface area (Å²) < 4.78 is 72.4. The summed E-state index contributed by atoms with van der Waals surface area (Å²) in [6, 6.07) is 10.7. The summed E-state index contributed by atoms with van der Waals surface area (Å²) in [5, 5.41) is 2.40. The Kier molecular flexibility index (Phi) is 5.97. The maximum atomic E-state index is 13.8. The van der Waals surface area contributed by atoms with Gasteiger partial charge >= 0.3 is 0 Å². The normalized spacial score (nSPS) is 11.1. The van der Waals surface area contributed by atoms with Crippen molar-refractivity contribution in [3.05, 3.63) is 83.7 Å². The number of hydrogen-bond donors (Lipinski definition) is 2. The molecule has 3 aromatic carbocycles. The molecule has 156 valence electrons. The van der Waals surface area contributed by atoms with E-state index in [0.717, 1.165) is 36.4 Å². The number of nitrogens with one attached hydrogen (secondary N) is 2. The molecule has 6 nitrogen and oxygen atoms in total. The van der Waals surface area contributed by atoms with E-state index in [1.807, 2.05) is 0 Å². The molecule has 30 heavy (non-hydrogen) atoms. The predicted molar refractivity (Wildman–Crippen MR) is 105 cm³/mol. The highest BCUT2D eigenvalue weighted by Crippen LogP contribution is 2.30. The van der Waals surface area contributed by atoms with Gasteiger partial charge in [-0.1, -0.05) is 0 Å². The van der Waals surface area contributed by atoms with Crippen molar-refractivity contribution in [1.82, 2.24) is 0 Å². The van der Waals surface area contributed by atoms with Gasteiger partial charge < -0.3 is 10.1 Å². The number of halogens is 3. The minimum atomic E-state index is -4.08. The molecule has 0 radical (unpaired) electrons. The van der Waals surface area contributed by atoms with Crippen LogP contribution in [0.15, 0.2) is 65.6 Å². The van der Waals surface area contributed by atoms with Gasteiger partial charge in [0, 0.05) is 11.8 Å². The van der Waals surface area contributed by atoms with Gasteiger partial charge in [-0.15, -0.1) is 0 Å². The summed E-state index contributed by atoms with van der Waals surface area (Å²) in [6.07, 6.45) is 0. The van der Waals surface area contributed by atoms with Crippen molar-refractivity contribution in [1.29, 1.82) is 0 Å². The molecule has 0 heterocycles. The molecule has 0 aliphatic rings. The van der Waals surface area contributed by atoms with Gasteiger partial charge in [0.15, 0.2) is 0 Å². The fraction of sp³-hybridized carbons (Fsp3) is 0.0500. The van der Waals surface area contributed by atoms with Crippen LogP contribution in [-0.4, -0.2) is 21.4 Å². The SMILES string of the molecule is COc1ccc(NC(=O)c2ccc(F)cc2F)cc1NS(=O)(=O)c1ccc(F)cc1. The molecule has 0 saturated heterocycles. The van der Waals surface area contributed by atoms with Crippen molar-refractivity contribution in [2.45, 2.75) is 4.90 Å². The molecule has 2 N–H and O–H groups in total. The van der Waals surface area contributed by atoms with Gasteiger partial charge in [0.1, 0.15) is 23.2 Å². The van der Waals surface area contributed by atoms with Gasteiger partial charge in [-0.3, -0.25) is 9.52 Å². The predicted octanol–water partition coefficient (Wildman–Crippen LogP) is 4.17. The number of carbonyl (C=O) groups is 1. The molecule has 0 aliphatic carbocycles. The summed E-state index contributed by atoms with van der Waals surface area (Å²) in [5.74, 6) is -3.18. The molecule has 0 saturated carbocycles. The number of sulfonamides is 1. The zero-order chi connectivity index (χ0) is 21.9. The second kappa shape index (κ2) is 8.46. The lowest BCUT2D eigenvalue weighted by Crippen LogP contribution is -2.16. The number of hydrogen-bond acceptors (Lipinski definition) is 4. The summed E-state index contributed by atoms with van der Waals surface area (Å²) in [6.45, 7) is 0. The number of methoxy groups -OCH3 is 1. The van der Waals surface area contributed by atoms with Crippen LogP contribution < -0.4 is 14.8 Å². The molecule has 0 atom stereocenters. The Morgan fingerprint density at radius 2 is 1.57 bits per heavy atom. The van der Waals surface area contributed by atoms with Gasteiger partial charge in [-0.25, -0.2) is 21.6 Å². The number of carbonyl (C=O) groups excluding carboxylic acids is 1. The Balaban J connectivity index is 1.88. The molecule has 0 bridgehead atoms. The van der Waals surface area contributed by atoms with Crippen molar-refractivity contribution >= 4 is 27.3 Å². The van der Waals surface area contributed by atoms with Crippen LogP contribution >= 0.6 is 0 Å². The monoisotopic (exact) mass is 436 g/mol. The molecular formula is C20H15F3N2O4S. The standard InChI is InChI=1S/C20H15F3N2O4S/c1-29-19-9-5-14(24-20(26)16-8-4-13(22)10-17(16)23)11-18(19)25-30(27,28)15-6-2-12(21)3-7-15/h2-11,25H,1H3,(H,24,26). The first kappa shape index (κ1) is 21.2. The Hall–Kier alpha value is -3.53. The molecule has 0 fully saturated rings. The minimum Gasteiger partial charge on any atom is -0.495 e. The topological polar surface area (TPSA) is 84.5 Å². The quantitative estimate of drug-likeness (QED) is 0.608. The Morgan fingerprint density at radius 1 is 0.900 bits per heavy atom. The third kappa shape index (κ3) is 4.71. The molecule has 10 heteroatoms. The first-order valence-corrected chi connectivity index (χ1v) is 9.91. The van der Waals surface area contributed by atoms with Gasteiger partial charge in [0.25, 0.3) is 15.9 Å². The van der Waals surface area contributed by atoms with Gasteiger partial charge in [0.05, 0.1) is 23.3 Å². The van der Waals surface area contributed by atoms with Crippen LogP contribution in [-0.2, 0) is 10.0 Å². The third-order valence-electron chi connectivity index (χ3n) is 4.00. The average Bonchev–Trinajstić information content (AvgIpc) is 2.68. The van der Waals surface area contributed by atoms with Crippen molar-refractivity contribution < 1.29 is 31.1 Å². The number of anilines is 2. The first-order chi connectivity index (χ1) is 14.2. The van der Waals surface area contributed by atoms with Crippen LogP contribution in [0.5, 0.6) is 5.75 Å². The fourth-order valence-corrected chi connectivity index (χ4v) is 3.62. The Bertz CT molecular complexity index is 1200. The average molecular weight is 436 g/mol. The van der Waals surface area contributed by atoms with Gasteiger partial charge in [-0.2, -0.15) is 0 Å². The van der Waals surface area contributed by atoms with Crippen LogP contribution in [0.4, 0.5) is 24.5 Å². The van der Waals surface area contributed by atoms with Crippen molar-refractivity contribution in [2.75, 3.05) is 17.1 Å². The van der Waals surface area contributed by atoms with Crippen LogP contribution in [0.3, 0.4) is 0 Å². The fourth-order valence-electron chi connectivity index (χ4n) is 2.55. The zero-order valence-electron chi connectivity index (χ0n) is 15.4. The molecule has 3 rings (SSSR count). The van der Waals surface area contributed by atoms with Gasteiger partial charge in [0.2, 0.25) is 0 Å². The Labute approximate surface area is 170 Å². The maximum absolute atomic E-state index is 13.8. The van der Waals surface area contributed by atoms with E-state index < -0.39 is 33.4 Å². The lowest BCUT2D eigenvalue weighted by Gasteiger charge is -2.14. The summed E-state index contributed by atoms with van der Waals surface area (Å²) >= 11 is 0. The maximum Gasteiger partial charge on any atom is 0.262 e. The largest absolute Gasteiger partial charge is 0.495 e. The van der Waals surface area contributed by atoms with E-state index in [1.54, 1.807) is 0 Å². The van der Waals surface area contributed by atoms with Gasteiger partial charge in [-0.05, 0) is 54.6 Å². The number of ether oxygens (including phenoxy) is 1. The van der Waals surface area contributed by atoms with Crippen molar-refractivity contribution in [3.8, 4) is 5.75 Å². The molecule has 0 aromatic heterocycles. The van der Waals surface area contributed by atoms with Crippen LogP contribution in [0.1, 0.15) is 10.4 Å². The number of amides is 1. The second-order valence-electron chi connectivity index (χ2n) is 6.05. The van der Waals surface area contributed by atoms with E-state index in [4.69, 9.17) is 4.74 Å². The zero-order valence-corrected chi connectivity index (χ0v) is 16.3. The number of rotatable bonds is 6. The number of benzene rings is 3. The highest BCUT2D eigenvalue weighted by atomic mass is 32.2. The Morgan fingerprint density at radius 3 is 2.20 bits per heavy atom. The van der Waals surface area contributed by atoms with Crippen LogP contribution in [0, 0.1) is 17.5 Å².